The predicted octanol–water partition coefficient (Wildman–Crippen LogP) is 10.6. The van der Waals surface area contributed by atoms with Crippen molar-refractivity contribution in [3.8, 4) is 0 Å². The van der Waals surface area contributed by atoms with Gasteiger partial charge in [0.25, 0.3) is 0 Å². The molecule has 1 N–H and O–H groups in total. The lowest BCUT2D eigenvalue weighted by Crippen LogP contribution is -1.97. The Morgan fingerprint density at radius 2 is 1.09 bits per heavy atom. The zero-order valence-electron chi connectivity index (χ0n) is 22.0. The van der Waals surface area contributed by atoms with Crippen LogP contribution in [0.25, 0.3) is 0 Å². The third-order valence-corrected chi connectivity index (χ3v) is 10.2. The molecule has 1 aromatic rings. The molecule has 2 heteroatoms. The molecule has 1 aromatic carbocycles. The van der Waals surface area contributed by atoms with Crippen molar-refractivity contribution < 1.29 is 5.11 Å². The van der Waals surface area contributed by atoms with Crippen molar-refractivity contribution in [3.63, 3.8) is 0 Å². The highest BCUT2D eigenvalue weighted by molar-refractivity contribution is 8.23. The third kappa shape index (κ3) is 10.8. The van der Waals surface area contributed by atoms with E-state index in [-0.39, 0.29) is 10.9 Å². The Labute approximate surface area is 208 Å². The van der Waals surface area contributed by atoms with Crippen LogP contribution in [-0.4, -0.2) is 10.9 Å². The van der Waals surface area contributed by atoms with Gasteiger partial charge in [0.15, 0.2) is 0 Å². The summed E-state index contributed by atoms with van der Waals surface area (Å²) in [6.45, 7) is 6.57. The van der Waals surface area contributed by atoms with Crippen LogP contribution in [0.2, 0.25) is 0 Å². The topological polar surface area (TPSA) is 20.2 Å². The van der Waals surface area contributed by atoms with Crippen molar-refractivity contribution in [1.82, 2.24) is 0 Å². The quantitative estimate of drug-likeness (QED) is 0.151. The molecule has 188 valence electrons. The van der Waals surface area contributed by atoms with E-state index in [0.29, 0.717) is 5.76 Å². The van der Waals surface area contributed by atoms with Crippen LogP contribution in [-0.2, 0) is 6.42 Å². The van der Waals surface area contributed by atoms with Crippen LogP contribution < -0.4 is 0 Å². The molecule has 1 unspecified atom stereocenters. The Balaban J connectivity index is 1.50. The van der Waals surface area contributed by atoms with Crippen LogP contribution in [0.15, 0.2) is 51.5 Å². The Hall–Kier alpha value is -1.15. The summed E-state index contributed by atoms with van der Waals surface area (Å²) >= 11 is 0. The van der Waals surface area contributed by atoms with E-state index in [9.17, 15) is 5.11 Å². The zero-order chi connectivity index (χ0) is 23.7. The summed E-state index contributed by atoms with van der Waals surface area (Å²) in [5.41, 5.74) is 2.52. The molecule has 0 radical (unpaired) electrons. The number of hydrogen-bond acceptors (Lipinski definition) is 1. The molecule has 1 nitrogen and oxygen atoms in total. The molecule has 0 fully saturated rings. The fourth-order valence-electron chi connectivity index (χ4n) is 5.08. The van der Waals surface area contributed by atoms with Crippen LogP contribution in [0.4, 0.5) is 0 Å². The van der Waals surface area contributed by atoms with E-state index in [1.165, 1.54) is 124 Å². The maximum atomic E-state index is 10.6. The van der Waals surface area contributed by atoms with Crippen molar-refractivity contribution in [2.24, 2.45) is 0 Å². The Kier molecular flexibility index (Phi) is 14.7. The minimum atomic E-state index is -0.306. The maximum absolute atomic E-state index is 10.6. The smallest absolute Gasteiger partial charge is 0.127 e. The molecule has 0 saturated heterocycles. The highest BCUT2D eigenvalue weighted by atomic mass is 32.2. The minimum absolute atomic E-state index is 0.306. The Morgan fingerprint density at radius 3 is 1.58 bits per heavy atom. The van der Waals surface area contributed by atoms with Gasteiger partial charge in [0.2, 0.25) is 0 Å². The minimum Gasteiger partial charge on any atom is -0.507 e. The van der Waals surface area contributed by atoms with Crippen LogP contribution >= 0.6 is 10.9 Å². The summed E-state index contributed by atoms with van der Waals surface area (Å²) in [6.07, 6.45) is 23.7. The molecule has 0 spiro atoms. The summed E-state index contributed by atoms with van der Waals surface area (Å²) in [6, 6.07) is 10.8. The Bertz CT molecular complexity index is 703. The molecular weight excluding hydrogens is 420 g/mol. The van der Waals surface area contributed by atoms with E-state index in [1.807, 2.05) is 0 Å². The largest absolute Gasteiger partial charge is 0.507 e. The van der Waals surface area contributed by atoms with Crippen molar-refractivity contribution >= 4 is 10.9 Å². The van der Waals surface area contributed by atoms with Crippen molar-refractivity contribution in [1.29, 1.82) is 0 Å². The average molecular weight is 473 g/mol. The number of unbranched alkanes of at least 4 members (excludes halogenated alkanes) is 15. The first-order chi connectivity index (χ1) is 16.1. The van der Waals surface area contributed by atoms with Gasteiger partial charge in [-0.15, -0.1) is 0 Å². The number of rotatable bonds is 19. The molecule has 1 heterocycles. The number of thiol groups is 1. The van der Waals surface area contributed by atoms with Gasteiger partial charge >= 0.3 is 0 Å². The number of allylic oxidation sites excluding steroid dienone is 3. The van der Waals surface area contributed by atoms with Crippen molar-refractivity contribution in [2.75, 3.05) is 5.75 Å². The van der Waals surface area contributed by atoms with E-state index >= 15 is 0 Å². The second kappa shape index (κ2) is 17.3. The van der Waals surface area contributed by atoms with E-state index in [0.717, 1.165) is 12.0 Å². The first-order valence-corrected chi connectivity index (χ1v) is 15.6. The number of aliphatic hydroxyl groups is 1. The molecule has 1 aliphatic rings. The van der Waals surface area contributed by atoms with E-state index in [2.05, 4.69) is 51.1 Å². The van der Waals surface area contributed by atoms with Gasteiger partial charge < -0.3 is 5.11 Å². The zero-order valence-corrected chi connectivity index (χ0v) is 22.9. The molecule has 0 aliphatic carbocycles. The summed E-state index contributed by atoms with van der Waals surface area (Å²) in [5, 5.41) is 10.6. The molecule has 0 saturated carbocycles. The second-order valence-electron chi connectivity index (χ2n) is 10.1. The van der Waals surface area contributed by atoms with E-state index < -0.39 is 0 Å². The van der Waals surface area contributed by atoms with Crippen molar-refractivity contribution in [2.45, 2.75) is 130 Å². The fraction of sp³-hybridized carbons (Fsp3) is 0.677. The monoisotopic (exact) mass is 472 g/mol. The average Bonchev–Trinajstić information content (AvgIpc) is 3.03. The van der Waals surface area contributed by atoms with Crippen LogP contribution in [0, 0.1) is 0 Å². The summed E-state index contributed by atoms with van der Waals surface area (Å²) in [7, 11) is -0.306. The van der Waals surface area contributed by atoms with Gasteiger partial charge in [-0.2, -0.15) is 0 Å². The van der Waals surface area contributed by atoms with Gasteiger partial charge in [0, 0.05) is 11.3 Å². The SMILES string of the molecule is CCCCCCCCCCCCCCCCCC[SH]1C(C)=C(O)C(C)=C1Cc1ccccc1. The molecule has 2 rings (SSSR count). The lowest BCUT2D eigenvalue weighted by molar-refractivity contribution is 0.421. The maximum Gasteiger partial charge on any atom is 0.127 e. The van der Waals surface area contributed by atoms with Gasteiger partial charge in [-0.05, 0) is 42.1 Å². The van der Waals surface area contributed by atoms with E-state index in [1.54, 1.807) is 0 Å². The summed E-state index contributed by atoms with van der Waals surface area (Å²) in [4.78, 5) is 2.77. The normalized spacial score (nSPS) is 17.4. The van der Waals surface area contributed by atoms with Crippen LogP contribution in [0.3, 0.4) is 0 Å². The van der Waals surface area contributed by atoms with Crippen LogP contribution in [0.1, 0.15) is 129 Å². The van der Waals surface area contributed by atoms with Crippen LogP contribution in [0.5, 0.6) is 0 Å². The highest BCUT2D eigenvalue weighted by Crippen LogP contribution is 2.54. The number of aliphatic hydroxyl groups excluding tert-OH is 1. The van der Waals surface area contributed by atoms with Gasteiger partial charge in [0.05, 0.1) is 0 Å². The molecule has 1 aliphatic heterocycles. The number of benzene rings is 1. The highest BCUT2D eigenvalue weighted by Gasteiger charge is 2.26. The Morgan fingerprint density at radius 1 is 0.636 bits per heavy atom. The first kappa shape index (κ1) is 28.1. The molecule has 1 atom stereocenters. The standard InChI is InChI=1S/C31H52OS/c1-4-5-6-7-8-9-10-11-12-13-14-15-16-17-18-22-25-33-28(3)31(32)27(2)30(33)26-29-23-20-19-21-24-29/h19-21,23-24,32-33H,4-18,22,25-26H2,1-3H3. The lowest BCUT2D eigenvalue weighted by Gasteiger charge is -2.22. The van der Waals surface area contributed by atoms with Gasteiger partial charge in [-0.1, -0.05) is 134 Å². The van der Waals surface area contributed by atoms with Crippen molar-refractivity contribution in [3.05, 3.63) is 57.0 Å². The molecule has 0 bridgehead atoms. The third-order valence-electron chi connectivity index (χ3n) is 7.31. The lowest BCUT2D eigenvalue weighted by atomic mass is 10.0. The van der Waals surface area contributed by atoms with Gasteiger partial charge in [0.1, 0.15) is 5.76 Å². The second-order valence-corrected chi connectivity index (χ2v) is 12.6. The molecular formula is C31H52OS. The van der Waals surface area contributed by atoms with Gasteiger partial charge in [-0.3, -0.25) is 0 Å². The fourth-order valence-corrected chi connectivity index (χ4v) is 7.94. The summed E-state index contributed by atoms with van der Waals surface area (Å²) < 4.78 is 0. The predicted molar refractivity (Wildman–Crippen MR) is 152 cm³/mol. The van der Waals surface area contributed by atoms with Gasteiger partial charge in [-0.25, -0.2) is 10.9 Å². The number of hydrogen-bond donors (Lipinski definition) is 2. The molecule has 33 heavy (non-hydrogen) atoms. The molecule has 0 amide bonds. The molecule has 0 aromatic heterocycles. The summed E-state index contributed by atoms with van der Waals surface area (Å²) in [5.74, 6) is 1.84. The first-order valence-electron chi connectivity index (χ1n) is 14.1. The van der Waals surface area contributed by atoms with E-state index in [4.69, 9.17) is 0 Å².